The molecule has 142 valence electrons. The maximum atomic E-state index is 13.3. The number of aromatic nitrogens is 5. The fraction of sp³-hybridized carbons (Fsp3) is 0.238. The average Bonchev–Trinajstić information content (AvgIpc) is 3.24. The Bertz CT molecular complexity index is 1160. The molecule has 0 unspecified atom stereocenters. The van der Waals surface area contributed by atoms with Crippen LogP contribution in [0.1, 0.15) is 27.4 Å². The molecule has 7 nitrogen and oxygen atoms in total. The van der Waals surface area contributed by atoms with Gasteiger partial charge in [-0.05, 0) is 38.1 Å². The molecular formula is C21H22N6O. The molecule has 0 aliphatic rings. The Morgan fingerprint density at radius 1 is 1.14 bits per heavy atom. The van der Waals surface area contributed by atoms with Gasteiger partial charge in [0.05, 0.1) is 34.6 Å². The highest BCUT2D eigenvalue weighted by Crippen LogP contribution is 2.26. The van der Waals surface area contributed by atoms with E-state index in [1.807, 2.05) is 63.4 Å². The molecule has 0 aliphatic carbocycles. The van der Waals surface area contributed by atoms with Crippen molar-refractivity contribution in [3.05, 3.63) is 71.3 Å². The molecular weight excluding hydrogens is 352 g/mol. The number of aryl methyl sites for hydroxylation is 3. The van der Waals surface area contributed by atoms with Gasteiger partial charge in [-0.3, -0.25) is 9.48 Å². The van der Waals surface area contributed by atoms with E-state index in [9.17, 15) is 4.79 Å². The van der Waals surface area contributed by atoms with Crippen LogP contribution in [-0.2, 0) is 13.6 Å². The standard InChI is InChI=1S/C21H22N6O/c1-14-12-18(21(28)25(3)13-17-10-11-22-26(17)4)19-15(2)24-27(20(19)23-14)16-8-6-5-7-9-16/h5-12H,13H2,1-4H3. The maximum absolute atomic E-state index is 13.3. The third kappa shape index (κ3) is 3.05. The average molecular weight is 374 g/mol. The molecule has 1 amide bonds. The minimum absolute atomic E-state index is 0.0626. The van der Waals surface area contributed by atoms with Crippen LogP contribution in [0.2, 0.25) is 0 Å². The number of carbonyl (C=O) groups excluding carboxylic acids is 1. The Balaban J connectivity index is 1.80. The SMILES string of the molecule is Cc1cc(C(=O)N(C)Cc2ccnn2C)c2c(C)nn(-c3ccccc3)c2n1. The summed E-state index contributed by atoms with van der Waals surface area (Å²) in [5.41, 5.74) is 4.76. The van der Waals surface area contributed by atoms with Gasteiger partial charge in [0, 0.05) is 26.0 Å². The van der Waals surface area contributed by atoms with Gasteiger partial charge in [-0.1, -0.05) is 18.2 Å². The largest absolute Gasteiger partial charge is 0.336 e. The molecule has 0 radical (unpaired) electrons. The van der Waals surface area contributed by atoms with Crippen molar-refractivity contribution in [2.45, 2.75) is 20.4 Å². The second-order valence-corrected chi connectivity index (χ2v) is 6.95. The molecule has 7 heteroatoms. The second-order valence-electron chi connectivity index (χ2n) is 6.95. The second kappa shape index (κ2) is 6.92. The predicted octanol–water partition coefficient (Wildman–Crippen LogP) is 3.04. The quantitative estimate of drug-likeness (QED) is 0.551. The third-order valence-corrected chi connectivity index (χ3v) is 4.84. The summed E-state index contributed by atoms with van der Waals surface area (Å²) in [5, 5.41) is 9.62. The highest BCUT2D eigenvalue weighted by atomic mass is 16.2. The van der Waals surface area contributed by atoms with Gasteiger partial charge in [0.2, 0.25) is 0 Å². The van der Waals surface area contributed by atoms with E-state index in [2.05, 4.69) is 15.2 Å². The van der Waals surface area contributed by atoms with Gasteiger partial charge >= 0.3 is 0 Å². The highest BCUT2D eigenvalue weighted by Gasteiger charge is 2.22. The number of carbonyl (C=O) groups is 1. The van der Waals surface area contributed by atoms with Crippen molar-refractivity contribution < 1.29 is 4.79 Å². The van der Waals surface area contributed by atoms with Gasteiger partial charge in [0.15, 0.2) is 5.65 Å². The predicted molar refractivity (Wildman–Crippen MR) is 107 cm³/mol. The molecule has 0 fully saturated rings. The van der Waals surface area contributed by atoms with E-state index in [1.165, 1.54) is 0 Å². The summed E-state index contributed by atoms with van der Waals surface area (Å²) in [6, 6.07) is 13.6. The fourth-order valence-electron chi connectivity index (χ4n) is 3.41. The number of hydrogen-bond donors (Lipinski definition) is 0. The molecule has 0 N–H and O–H groups in total. The van der Waals surface area contributed by atoms with E-state index in [-0.39, 0.29) is 5.91 Å². The zero-order valence-corrected chi connectivity index (χ0v) is 16.4. The van der Waals surface area contributed by atoms with Gasteiger partial charge in [-0.15, -0.1) is 0 Å². The molecule has 0 aliphatic heterocycles. The Hall–Kier alpha value is -3.48. The first-order valence-corrected chi connectivity index (χ1v) is 9.10. The van der Waals surface area contributed by atoms with Crippen molar-refractivity contribution in [1.82, 2.24) is 29.4 Å². The normalized spacial score (nSPS) is 11.1. The van der Waals surface area contributed by atoms with Crippen molar-refractivity contribution in [2.24, 2.45) is 7.05 Å². The van der Waals surface area contributed by atoms with Gasteiger partial charge in [0.25, 0.3) is 5.91 Å². The van der Waals surface area contributed by atoms with Crippen LogP contribution in [-0.4, -0.2) is 42.4 Å². The smallest absolute Gasteiger partial charge is 0.254 e. The molecule has 0 saturated heterocycles. The van der Waals surface area contributed by atoms with Crippen LogP contribution in [0, 0.1) is 13.8 Å². The number of pyridine rings is 1. The van der Waals surface area contributed by atoms with Gasteiger partial charge in [-0.2, -0.15) is 10.2 Å². The van der Waals surface area contributed by atoms with Crippen molar-refractivity contribution in [1.29, 1.82) is 0 Å². The van der Waals surface area contributed by atoms with E-state index in [1.54, 1.807) is 27.5 Å². The zero-order valence-electron chi connectivity index (χ0n) is 16.4. The lowest BCUT2D eigenvalue weighted by molar-refractivity contribution is 0.0783. The highest BCUT2D eigenvalue weighted by molar-refractivity contribution is 6.06. The summed E-state index contributed by atoms with van der Waals surface area (Å²) < 4.78 is 3.57. The van der Waals surface area contributed by atoms with E-state index >= 15 is 0 Å². The number of benzene rings is 1. The number of amides is 1. The Labute approximate surface area is 163 Å². The minimum Gasteiger partial charge on any atom is -0.336 e. The molecule has 0 atom stereocenters. The summed E-state index contributed by atoms with van der Waals surface area (Å²) in [7, 11) is 3.67. The first-order valence-electron chi connectivity index (χ1n) is 9.10. The molecule has 1 aromatic carbocycles. The first kappa shape index (κ1) is 17.9. The monoisotopic (exact) mass is 374 g/mol. The van der Waals surface area contributed by atoms with Crippen molar-refractivity contribution in [3.63, 3.8) is 0 Å². The molecule has 4 aromatic rings. The van der Waals surface area contributed by atoms with Crippen LogP contribution < -0.4 is 0 Å². The number of nitrogens with zero attached hydrogens (tertiary/aromatic N) is 6. The van der Waals surface area contributed by atoms with Crippen LogP contribution >= 0.6 is 0 Å². The molecule has 0 saturated carbocycles. The van der Waals surface area contributed by atoms with Crippen LogP contribution in [0.25, 0.3) is 16.7 Å². The minimum atomic E-state index is -0.0626. The van der Waals surface area contributed by atoms with Crippen molar-refractivity contribution in [2.75, 3.05) is 7.05 Å². The lowest BCUT2D eigenvalue weighted by atomic mass is 10.1. The molecule has 0 bridgehead atoms. The Morgan fingerprint density at radius 3 is 2.57 bits per heavy atom. The molecule has 3 heterocycles. The van der Waals surface area contributed by atoms with Gasteiger partial charge < -0.3 is 4.90 Å². The lowest BCUT2D eigenvalue weighted by Gasteiger charge is -2.18. The van der Waals surface area contributed by atoms with E-state index in [0.717, 1.165) is 28.2 Å². The lowest BCUT2D eigenvalue weighted by Crippen LogP contribution is -2.27. The maximum Gasteiger partial charge on any atom is 0.254 e. The van der Waals surface area contributed by atoms with Crippen LogP contribution in [0.5, 0.6) is 0 Å². The Kier molecular flexibility index (Phi) is 4.43. The summed E-state index contributed by atoms with van der Waals surface area (Å²) in [4.78, 5) is 19.7. The van der Waals surface area contributed by atoms with Gasteiger partial charge in [0.1, 0.15) is 0 Å². The molecule has 4 rings (SSSR count). The third-order valence-electron chi connectivity index (χ3n) is 4.84. The van der Waals surface area contributed by atoms with Crippen molar-refractivity contribution in [3.8, 4) is 5.69 Å². The van der Waals surface area contributed by atoms with Crippen LogP contribution in [0.3, 0.4) is 0 Å². The first-order chi connectivity index (χ1) is 13.5. The van der Waals surface area contributed by atoms with E-state index in [4.69, 9.17) is 0 Å². The van der Waals surface area contributed by atoms with Crippen LogP contribution in [0.15, 0.2) is 48.7 Å². The summed E-state index contributed by atoms with van der Waals surface area (Å²) in [6.45, 7) is 4.29. The Morgan fingerprint density at radius 2 is 1.89 bits per heavy atom. The van der Waals surface area contributed by atoms with E-state index < -0.39 is 0 Å². The number of rotatable bonds is 4. The zero-order chi connectivity index (χ0) is 19.8. The van der Waals surface area contributed by atoms with Crippen LogP contribution in [0.4, 0.5) is 0 Å². The topological polar surface area (TPSA) is 68.8 Å². The molecule has 3 aromatic heterocycles. The number of fused-ring (bicyclic) bond motifs is 1. The summed E-state index contributed by atoms with van der Waals surface area (Å²) in [5.74, 6) is -0.0626. The summed E-state index contributed by atoms with van der Waals surface area (Å²) >= 11 is 0. The van der Waals surface area contributed by atoms with Crippen molar-refractivity contribution >= 4 is 16.9 Å². The van der Waals surface area contributed by atoms with Gasteiger partial charge in [-0.25, -0.2) is 9.67 Å². The van der Waals surface area contributed by atoms with E-state index in [0.29, 0.717) is 17.8 Å². The number of hydrogen-bond acceptors (Lipinski definition) is 4. The molecule has 28 heavy (non-hydrogen) atoms. The fourth-order valence-corrected chi connectivity index (χ4v) is 3.41. The number of para-hydroxylation sites is 1. The summed E-state index contributed by atoms with van der Waals surface area (Å²) in [6.07, 6.45) is 1.73. The molecule has 0 spiro atoms.